The number of carbonyl (C=O) groups is 1. The fourth-order valence-electron chi connectivity index (χ4n) is 1.63. The molecule has 0 bridgehead atoms. The van der Waals surface area contributed by atoms with Crippen LogP contribution in [0.25, 0.3) is 0 Å². The van der Waals surface area contributed by atoms with Crippen LogP contribution in [-0.2, 0) is 16.0 Å². The molecule has 0 aliphatic rings. The number of carboxylic acid groups (broad SMARTS) is 1. The SMILES string of the molecule is CO[C@@H](Cc1c(C)cccc1C)C(=O)O. The van der Waals surface area contributed by atoms with Gasteiger partial charge in [-0.15, -0.1) is 0 Å². The zero-order chi connectivity index (χ0) is 11.4. The number of ether oxygens (including phenoxy) is 1. The second-order valence-electron chi connectivity index (χ2n) is 3.64. The minimum absolute atomic E-state index is 0.421. The Labute approximate surface area is 89.7 Å². The number of hydrogen-bond acceptors (Lipinski definition) is 2. The molecule has 0 amide bonds. The molecule has 0 saturated carbocycles. The Bertz CT molecular complexity index is 338. The first-order valence-electron chi connectivity index (χ1n) is 4.87. The molecule has 0 saturated heterocycles. The van der Waals surface area contributed by atoms with Crippen molar-refractivity contribution in [3.8, 4) is 0 Å². The average Bonchev–Trinajstić information content (AvgIpc) is 2.17. The summed E-state index contributed by atoms with van der Waals surface area (Å²) in [6, 6.07) is 5.94. The van der Waals surface area contributed by atoms with Crippen molar-refractivity contribution in [2.24, 2.45) is 0 Å². The minimum atomic E-state index is -0.917. The van der Waals surface area contributed by atoms with E-state index in [1.807, 2.05) is 32.0 Å². The molecule has 0 radical (unpaired) electrons. The first-order chi connectivity index (χ1) is 7.06. The lowest BCUT2D eigenvalue weighted by atomic mass is 9.97. The quantitative estimate of drug-likeness (QED) is 0.822. The first-order valence-corrected chi connectivity index (χ1v) is 4.87. The molecule has 1 N–H and O–H groups in total. The molecule has 1 atom stereocenters. The largest absolute Gasteiger partial charge is 0.479 e. The van der Waals surface area contributed by atoms with Crippen molar-refractivity contribution in [3.63, 3.8) is 0 Å². The summed E-state index contributed by atoms with van der Waals surface area (Å²) in [5.41, 5.74) is 3.28. The Morgan fingerprint density at radius 2 is 1.93 bits per heavy atom. The summed E-state index contributed by atoms with van der Waals surface area (Å²) in [7, 11) is 1.42. The van der Waals surface area contributed by atoms with Crippen LogP contribution in [0.5, 0.6) is 0 Å². The second kappa shape index (κ2) is 4.94. The molecule has 15 heavy (non-hydrogen) atoms. The molecule has 3 nitrogen and oxygen atoms in total. The van der Waals surface area contributed by atoms with Crippen molar-refractivity contribution in [2.45, 2.75) is 26.4 Å². The van der Waals surface area contributed by atoms with Crippen molar-refractivity contribution >= 4 is 5.97 Å². The number of aryl methyl sites for hydroxylation is 2. The van der Waals surface area contributed by atoms with E-state index in [-0.39, 0.29) is 0 Å². The number of methoxy groups -OCH3 is 1. The molecule has 0 heterocycles. The molecule has 0 aromatic heterocycles. The Hall–Kier alpha value is -1.35. The van der Waals surface area contributed by atoms with E-state index in [1.165, 1.54) is 7.11 Å². The van der Waals surface area contributed by atoms with Crippen LogP contribution in [0.15, 0.2) is 18.2 Å². The van der Waals surface area contributed by atoms with Crippen molar-refractivity contribution in [2.75, 3.05) is 7.11 Å². The van der Waals surface area contributed by atoms with Gasteiger partial charge in [-0.25, -0.2) is 4.79 Å². The van der Waals surface area contributed by atoms with Gasteiger partial charge >= 0.3 is 5.97 Å². The fraction of sp³-hybridized carbons (Fsp3) is 0.417. The third kappa shape index (κ3) is 2.80. The van der Waals surface area contributed by atoms with Gasteiger partial charge in [-0.05, 0) is 30.5 Å². The third-order valence-electron chi connectivity index (χ3n) is 2.59. The summed E-state index contributed by atoms with van der Waals surface area (Å²) >= 11 is 0. The zero-order valence-electron chi connectivity index (χ0n) is 9.28. The zero-order valence-corrected chi connectivity index (χ0v) is 9.28. The van der Waals surface area contributed by atoms with Crippen LogP contribution in [0.4, 0.5) is 0 Å². The molecule has 82 valence electrons. The highest BCUT2D eigenvalue weighted by Gasteiger charge is 2.18. The van der Waals surface area contributed by atoms with Gasteiger partial charge in [0.2, 0.25) is 0 Å². The second-order valence-corrected chi connectivity index (χ2v) is 3.64. The Morgan fingerprint density at radius 1 is 1.40 bits per heavy atom. The highest BCUT2D eigenvalue weighted by atomic mass is 16.5. The van der Waals surface area contributed by atoms with Gasteiger partial charge in [0.25, 0.3) is 0 Å². The summed E-state index contributed by atoms with van der Waals surface area (Å²) < 4.78 is 4.93. The van der Waals surface area contributed by atoms with E-state index in [4.69, 9.17) is 9.84 Å². The smallest absolute Gasteiger partial charge is 0.333 e. The van der Waals surface area contributed by atoms with E-state index in [1.54, 1.807) is 0 Å². The van der Waals surface area contributed by atoms with Gasteiger partial charge in [-0.2, -0.15) is 0 Å². The van der Waals surface area contributed by atoms with Gasteiger partial charge in [0, 0.05) is 13.5 Å². The average molecular weight is 208 g/mol. The van der Waals surface area contributed by atoms with Gasteiger partial charge in [-0.3, -0.25) is 0 Å². The van der Waals surface area contributed by atoms with Crippen LogP contribution in [0.2, 0.25) is 0 Å². The number of rotatable bonds is 4. The normalized spacial score (nSPS) is 12.5. The summed E-state index contributed by atoms with van der Waals surface area (Å²) in [6.07, 6.45) is -0.338. The number of benzene rings is 1. The summed E-state index contributed by atoms with van der Waals surface area (Å²) in [4.78, 5) is 10.8. The molecule has 1 aromatic rings. The van der Waals surface area contributed by atoms with Gasteiger partial charge in [0.05, 0.1) is 0 Å². The molecule has 0 spiro atoms. The predicted octanol–water partition coefficient (Wildman–Crippen LogP) is 1.95. The summed E-state index contributed by atoms with van der Waals surface area (Å²) in [5, 5.41) is 8.89. The number of carboxylic acids is 1. The minimum Gasteiger partial charge on any atom is -0.479 e. The van der Waals surface area contributed by atoms with Crippen molar-refractivity contribution in [1.29, 1.82) is 0 Å². The van der Waals surface area contributed by atoms with E-state index >= 15 is 0 Å². The van der Waals surface area contributed by atoms with E-state index in [0.29, 0.717) is 6.42 Å². The molecular formula is C12H16O3. The van der Waals surface area contributed by atoms with E-state index < -0.39 is 12.1 Å². The Kier molecular flexibility index (Phi) is 3.86. The summed E-state index contributed by atoms with van der Waals surface area (Å²) in [6.45, 7) is 3.97. The molecule has 1 rings (SSSR count). The van der Waals surface area contributed by atoms with Crippen LogP contribution < -0.4 is 0 Å². The van der Waals surface area contributed by atoms with Gasteiger partial charge in [-0.1, -0.05) is 18.2 Å². The molecule has 0 aliphatic carbocycles. The Morgan fingerprint density at radius 3 is 2.33 bits per heavy atom. The van der Waals surface area contributed by atoms with Gasteiger partial charge in [0.1, 0.15) is 0 Å². The maximum absolute atomic E-state index is 10.8. The third-order valence-corrected chi connectivity index (χ3v) is 2.59. The molecular weight excluding hydrogens is 192 g/mol. The predicted molar refractivity (Wildman–Crippen MR) is 58.1 cm³/mol. The highest BCUT2D eigenvalue weighted by molar-refractivity contribution is 5.72. The monoisotopic (exact) mass is 208 g/mol. The van der Waals surface area contributed by atoms with Crippen LogP contribution in [-0.4, -0.2) is 24.3 Å². The molecule has 0 fully saturated rings. The first kappa shape index (κ1) is 11.7. The van der Waals surface area contributed by atoms with Gasteiger partial charge < -0.3 is 9.84 Å². The standard InChI is InChI=1S/C12H16O3/c1-8-5-4-6-9(2)10(8)7-11(15-3)12(13)14/h4-6,11H,7H2,1-3H3,(H,13,14)/t11-/m0/s1. The maximum atomic E-state index is 10.8. The van der Waals surface area contributed by atoms with E-state index in [0.717, 1.165) is 16.7 Å². The van der Waals surface area contributed by atoms with Gasteiger partial charge in [0.15, 0.2) is 6.10 Å². The number of aliphatic carboxylic acids is 1. The van der Waals surface area contributed by atoms with Crippen LogP contribution in [0, 0.1) is 13.8 Å². The van der Waals surface area contributed by atoms with E-state index in [2.05, 4.69) is 0 Å². The molecule has 3 heteroatoms. The maximum Gasteiger partial charge on any atom is 0.333 e. The fourth-order valence-corrected chi connectivity index (χ4v) is 1.63. The lowest BCUT2D eigenvalue weighted by Crippen LogP contribution is -2.25. The molecule has 0 aliphatic heterocycles. The van der Waals surface area contributed by atoms with Crippen molar-refractivity contribution in [1.82, 2.24) is 0 Å². The summed E-state index contributed by atoms with van der Waals surface area (Å²) in [5.74, 6) is -0.917. The lowest BCUT2D eigenvalue weighted by Gasteiger charge is -2.14. The van der Waals surface area contributed by atoms with Crippen molar-refractivity contribution in [3.05, 3.63) is 34.9 Å². The Balaban J connectivity index is 2.92. The molecule has 0 unspecified atom stereocenters. The van der Waals surface area contributed by atoms with E-state index in [9.17, 15) is 4.79 Å². The highest BCUT2D eigenvalue weighted by Crippen LogP contribution is 2.16. The van der Waals surface area contributed by atoms with Crippen LogP contribution >= 0.6 is 0 Å². The lowest BCUT2D eigenvalue weighted by molar-refractivity contribution is -0.148. The van der Waals surface area contributed by atoms with Crippen LogP contribution in [0.1, 0.15) is 16.7 Å². The topological polar surface area (TPSA) is 46.5 Å². The molecule has 1 aromatic carbocycles. The van der Waals surface area contributed by atoms with Crippen molar-refractivity contribution < 1.29 is 14.6 Å². The number of hydrogen-bond donors (Lipinski definition) is 1. The van der Waals surface area contributed by atoms with Crippen LogP contribution in [0.3, 0.4) is 0 Å².